The van der Waals surface area contributed by atoms with E-state index in [9.17, 15) is 4.79 Å². The highest BCUT2D eigenvalue weighted by atomic mass is 16.4. The highest BCUT2D eigenvalue weighted by Crippen LogP contribution is 2.20. The van der Waals surface area contributed by atoms with Gasteiger partial charge in [-0.2, -0.15) is 0 Å². The highest BCUT2D eigenvalue weighted by molar-refractivity contribution is 5.75. The first-order valence-corrected chi connectivity index (χ1v) is 8.99. The van der Waals surface area contributed by atoms with Crippen LogP contribution in [0, 0.1) is 6.92 Å². The number of likely N-dealkylation sites (tertiary alicyclic amines) is 1. The number of hydrogen-bond donors (Lipinski definition) is 0. The van der Waals surface area contributed by atoms with Crippen molar-refractivity contribution < 1.29 is 9.21 Å². The van der Waals surface area contributed by atoms with Crippen LogP contribution in [0.15, 0.2) is 28.7 Å². The molecule has 25 heavy (non-hydrogen) atoms. The number of carbonyl (C=O) groups is 1. The first-order valence-electron chi connectivity index (χ1n) is 8.99. The van der Waals surface area contributed by atoms with E-state index >= 15 is 0 Å². The van der Waals surface area contributed by atoms with E-state index in [2.05, 4.69) is 24.0 Å². The largest absolute Gasteiger partial charge is 0.421 e. The van der Waals surface area contributed by atoms with Crippen LogP contribution in [0.4, 0.5) is 4.79 Å². The molecule has 2 aromatic rings. The predicted molar refractivity (Wildman–Crippen MR) is 96.0 cm³/mol. The third-order valence-electron chi connectivity index (χ3n) is 4.58. The molecule has 6 nitrogen and oxygen atoms in total. The molecule has 6 heteroatoms. The number of hydrogen-bond acceptors (Lipinski definition) is 4. The summed E-state index contributed by atoms with van der Waals surface area (Å²) in [6, 6.07) is 8.28. The van der Waals surface area contributed by atoms with Crippen LogP contribution in [0.2, 0.25) is 0 Å². The van der Waals surface area contributed by atoms with Gasteiger partial charge in [-0.25, -0.2) is 4.79 Å². The minimum Gasteiger partial charge on any atom is -0.421 e. The average molecular weight is 342 g/mol. The molecule has 0 saturated carbocycles. The first kappa shape index (κ1) is 17.5. The number of benzene rings is 1. The number of piperidine rings is 1. The van der Waals surface area contributed by atoms with Crippen molar-refractivity contribution in [3.8, 4) is 11.5 Å². The second-order valence-electron chi connectivity index (χ2n) is 6.88. The summed E-state index contributed by atoms with van der Waals surface area (Å²) in [4.78, 5) is 16.8. The van der Waals surface area contributed by atoms with Crippen LogP contribution < -0.4 is 0 Å². The lowest BCUT2D eigenvalue weighted by atomic mass is 10.1. The van der Waals surface area contributed by atoms with Gasteiger partial charge in [0.1, 0.15) is 0 Å². The van der Waals surface area contributed by atoms with Gasteiger partial charge in [-0.15, -0.1) is 10.2 Å². The number of carbonyl (C=O) groups excluding carboxylic acids is 1. The van der Waals surface area contributed by atoms with E-state index in [1.165, 1.54) is 6.42 Å². The van der Waals surface area contributed by atoms with Gasteiger partial charge in [-0.3, -0.25) is 0 Å². The van der Waals surface area contributed by atoms with E-state index < -0.39 is 0 Å². The van der Waals surface area contributed by atoms with Crippen LogP contribution in [0.1, 0.15) is 44.6 Å². The van der Waals surface area contributed by atoms with Crippen molar-refractivity contribution in [3.05, 3.63) is 35.7 Å². The fourth-order valence-electron chi connectivity index (χ4n) is 3.10. The summed E-state index contributed by atoms with van der Waals surface area (Å²) >= 11 is 0. The van der Waals surface area contributed by atoms with Crippen LogP contribution in [0.3, 0.4) is 0 Å². The van der Waals surface area contributed by atoms with Gasteiger partial charge in [-0.05, 0) is 50.8 Å². The van der Waals surface area contributed by atoms with Crippen molar-refractivity contribution >= 4 is 6.03 Å². The normalized spacial score (nSPS) is 14.8. The third kappa shape index (κ3) is 4.18. The van der Waals surface area contributed by atoms with Crippen molar-refractivity contribution in [3.63, 3.8) is 0 Å². The molecular weight excluding hydrogens is 316 g/mol. The molecule has 1 aliphatic heterocycles. The molecule has 1 aromatic heterocycles. The van der Waals surface area contributed by atoms with Crippen LogP contribution in [-0.4, -0.2) is 45.2 Å². The molecule has 1 aliphatic rings. The van der Waals surface area contributed by atoms with Gasteiger partial charge in [-0.1, -0.05) is 12.1 Å². The van der Waals surface area contributed by atoms with Gasteiger partial charge in [0.05, 0.1) is 0 Å². The molecular formula is C19H26N4O2. The summed E-state index contributed by atoms with van der Waals surface area (Å²) in [5, 5.41) is 7.89. The maximum atomic E-state index is 12.9. The lowest BCUT2D eigenvalue weighted by molar-refractivity contribution is 0.128. The second-order valence-corrected chi connectivity index (χ2v) is 6.88. The van der Waals surface area contributed by atoms with E-state index in [4.69, 9.17) is 4.42 Å². The maximum Gasteiger partial charge on any atom is 0.320 e. The van der Waals surface area contributed by atoms with E-state index in [-0.39, 0.29) is 12.1 Å². The summed E-state index contributed by atoms with van der Waals surface area (Å²) in [7, 11) is 0. The maximum absolute atomic E-state index is 12.9. The molecule has 1 aromatic carbocycles. The minimum atomic E-state index is 0.145. The number of aromatic nitrogens is 2. The SMILES string of the molecule is Cc1nnc(-c2ccc(CN(C(=O)N3CCCCC3)C(C)C)cc2)o1. The van der Waals surface area contributed by atoms with Crippen molar-refractivity contribution in [2.24, 2.45) is 0 Å². The molecule has 0 radical (unpaired) electrons. The number of nitrogens with zero attached hydrogens (tertiary/aromatic N) is 4. The lowest BCUT2D eigenvalue weighted by Gasteiger charge is -2.35. The molecule has 2 amide bonds. The van der Waals surface area contributed by atoms with Gasteiger partial charge in [0.15, 0.2) is 0 Å². The zero-order valence-corrected chi connectivity index (χ0v) is 15.2. The monoisotopic (exact) mass is 342 g/mol. The zero-order chi connectivity index (χ0) is 17.8. The molecule has 0 N–H and O–H groups in total. The molecule has 2 heterocycles. The number of aryl methyl sites for hydroxylation is 1. The van der Waals surface area contributed by atoms with E-state index in [0.717, 1.165) is 37.1 Å². The highest BCUT2D eigenvalue weighted by Gasteiger charge is 2.24. The van der Waals surface area contributed by atoms with E-state index in [1.54, 1.807) is 6.92 Å². The Labute approximate surface area is 148 Å². The topological polar surface area (TPSA) is 62.5 Å². The predicted octanol–water partition coefficient (Wildman–Crippen LogP) is 3.86. The molecule has 1 saturated heterocycles. The van der Waals surface area contributed by atoms with Crippen LogP contribution >= 0.6 is 0 Å². The Balaban J connectivity index is 1.70. The number of rotatable bonds is 4. The Kier molecular flexibility index (Phi) is 5.36. The Morgan fingerprint density at radius 3 is 2.40 bits per heavy atom. The molecule has 3 rings (SSSR count). The number of urea groups is 1. The van der Waals surface area contributed by atoms with E-state index in [1.807, 2.05) is 34.1 Å². The zero-order valence-electron chi connectivity index (χ0n) is 15.2. The summed E-state index contributed by atoms with van der Waals surface area (Å²) in [5.74, 6) is 1.08. The van der Waals surface area contributed by atoms with Crippen LogP contribution in [0.5, 0.6) is 0 Å². The lowest BCUT2D eigenvalue weighted by Crippen LogP contribution is -2.47. The molecule has 134 valence electrons. The van der Waals surface area contributed by atoms with Gasteiger partial charge in [0.2, 0.25) is 11.8 Å². The fraction of sp³-hybridized carbons (Fsp3) is 0.526. The van der Waals surface area contributed by atoms with Gasteiger partial charge in [0.25, 0.3) is 0 Å². The molecule has 0 atom stereocenters. The molecule has 0 aliphatic carbocycles. The molecule has 0 unspecified atom stereocenters. The summed E-state index contributed by atoms with van der Waals surface area (Å²) < 4.78 is 5.45. The van der Waals surface area contributed by atoms with Crippen LogP contribution in [-0.2, 0) is 6.54 Å². The van der Waals surface area contributed by atoms with Crippen molar-refractivity contribution in [2.75, 3.05) is 13.1 Å². The Bertz CT molecular complexity index is 702. The van der Waals surface area contributed by atoms with E-state index in [0.29, 0.717) is 18.3 Å². The quantitative estimate of drug-likeness (QED) is 0.846. The Morgan fingerprint density at radius 2 is 1.84 bits per heavy atom. The summed E-state index contributed by atoms with van der Waals surface area (Å²) in [6.07, 6.45) is 3.44. The molecule has 0 bridgehead atoms. The van der Waals surface area contributed by atoms with Crippen molar-refractivity contribution in [1.82, 2.24) is 20.0 Å². The van der Waals surface area contributed by atoms with Gasteiger partial charge in [0, 0.05) is 38.2 Å². The second kappa shape index (κ2) is 7.68. The Hall–Kier alpha value is -2.37. The number of amides is 2. The van der Waals surface area contributed by atoms with Crippen molar-refractivity contribution in [2.45, 2.75) is 52.6 Å². The van der Waals surface area contributed by atoms with Gasteiger partial charge >= 0.3 is 6.03 Å². The smallest absolute Gasteiger partial charge is 0.320 e. The minimum absolute atomic E-state index is 0.145. The van der Waals surface area contributed by atoms with Crippen molar-refractivity contribution in [1.29, 1.82) is 0 Å². The fourth-order valence-corrected chi connectivity index (χ4v) is 3.10. The molecule has 0 spiro atoms. The first-order chi connectivity index (χ1) is 12.0. The summed E-state index contributed by atoms with van der Waals surface area (Å²) in [6.45, 7) is 8.26. The van der Waals surface area contributed by atoms with Crippen LogP contribution in [0.25, 0.3) is 11.5 Å². The third-order valence-corrected chi connectivity index (χ3v) is 4.58. The Morgan fingerprint density at radius 1 is 1.16 bits per heavy atom. The average Bonchev–Trinajstić information content (AvgIpc) is 3.06. The van der Waals surface area contributed by atoms with Gasteiger partial charge < -0.3 is 14.2 Å². The summed E-state index contributed by atoms with van der Waals surface area (Å²) in [5.41, 5.74) is 1.99. The standard InChI is InChI=1S/C19H26N4O2/c1-14(2)23(19(24)22-11-5-4-6-12-22)13-16-7-9-17(10-8-16)18-21-20-15(3)25-18/h7-10,14H,4-6,11-13H2,1-3H3. The molecule has 1 fully saturated rings.